The summed E-state index contributed by atoms with van der Waals surface area (Å²) in [5, 5.41) is 7.72. The molecule has 1 saturated heterocycles. The molecule has 4 rings (SSSR count). The van der Waals surface area contributed by atoms with Gasteiger partial charge in [-0.25, -0.2) is 9.97 Å². The van der Waals surface area contributed by atoms with Gasteiger partial charge in [0.1, 0.15) is 17.5 Å². The van der Waals surface area contributed by atoms with Crippen LogP contribution in [0.1, 0.15) is 18.4 Å². The van der Waals surface area contributed by atoms with Crippen molar-refractivity contribution < 1.29 is 0 Å². The van der Waals surface area contributed by atoms with Crippen molar-refractivity contribution in [1.29, 1.82) is 0 Å². The number of aryl methyl sites for hydroxylation is 1. The topological polar surface area (TPSA) is 84.4 Å². The van der Waals surface area contributed by atoms with Gasteiger partial charge in [0.05, 0.1) is 6.20 Å². The molecule has 0 spiro atoms. The molecular formula is C17H21N7. The summed E-state index contributed by atoms with van der Waals surface area (Å²) < 4.78 is 1.79. The fourth-order valence-electron chi connectivity index (χ4n) is 3.10. The summed E-state index contributed by atoms with van der Waals surface area (Å²) in [6.07, 6.45) is 5.71. The molecule has 24 heavy (non-hydrogen) atoms. The fourth-order valence-corrected chi connectivity index (χ4v) is 3.10. The standard InChI is InChI=1S/C17H21N7/c1-12-4-6-19-14(9-12)21-17-10-16(22-15-5-7-20-24(15)17)23-8-2-3-13(18)11-23/h4-7,9-10,13H,2-3,8,11,18H2,1H3,(H,19,21)/t13-/m1/s1. The molecule has 7 heteroatoms. The molecule has 1 aliphatic rings. The predicted molar refractivity (Wildman–Crippen MR) is 94.7 cm³/mol. The van der Waals surface area contributed by atoms with Gasteiger partial charge in [-0.2, -0.15) is 9.61 Å². The van der Waals surface area contributed by atoms with Crippen LogP contribution in [0.4, 0.5) is 17.5 Å². The van der Waals surface area contributed by atoms with Gasteiger partial charge in [0.2, 0.25) is 0 Å². The molecule has 0 saturated carbocycles. The molecule has 4 heterocycles. The Morgan fingerprint density at radius 1 is 1.25 bits per heavy atom. The molecule has 0 aromatic carbocycles. The van der Waals surface area contributed by atoms with E-state index in [-0.39, 0.29) is 6.04 Å². The van der Waals surface area contributed by atoms with Gasteiger partial charge in [-0.1, -0.05) is 0 Å². The number of fused-ring (bicyclic) bond motifs is 1. The zero-order valence-electron chi connectivity index (χ0n) is 13.7. The summed E-state index contributed by atoms with van der Waals surface area (Å²) >= 11 is 0. The molecule has 124 valence electrons. The van der Waals surface area contributed by atoms with Crippen LogP contribution >= 0.6 is 0 Å². The maximum absolute atomic E-state index is 6.12. The van der Waals surface area contributed by atoms with Crippen molar-refractivity contribution in [2.24, 2.45) is 5.73 Å². The van der Waals surface area contributed by atoms with Gasteiger partial charge < -0.3 is 16.0 Å². The van der Waals surface area contributed by atoms with Crippen molar-refractivity contribution in [2.75, 3.05) is 23.3 Å². The molecule has 0 aliphatic carbocycles. The number of piperidine rings is 1. The quantitative estimate of drug-likeness (QED) is 0.768. The highest BCUT2D eigenvalue weighted by molar-refractivity contribution is 5.62. The van der Waals surface area contributed by atoms with Crippen LogP contribution in [-0.2, 0) is 0 Å². The van der Waals surface area contributed by atoms with Gasteiger partial charge in [0.15, 0.2) is 5.65 Å². The minimum Gasteiger partial charge on any atom is -0.355 e. The summed E-state index contributed by atoms with van der Waals surface area (Å²) in [7, 11) is 0. The van der Waals surface area contributed by atoms with Crippen molar-refractivity contribution in [1.82, 2.24) is 19.6 Å². The third-order valence-electron chi connectivity index (χ3n) is 4.30. The highest BCUT2D eigenvalue weighted by Crippen LogP contribution is 2.24. The van der Waals surface area contributed by atoms with E-state index in [2.05, 4.69) is 20.3 Å². The summed E-state index contributed by atoms with van der Waals surface area (Å²) in [6, 6.07) is 8.11. The van der Waals surface area contributed by atoms with Crippen LogP contribution in [0.25, 0.3) is 5.65 Å². The zero-order valence-corrected chi connectivity index (χ0v) is 13.7. The molecule has 0 radical (unpaired) electrons. The number of pyridine rings is 1. The Hall–Kier alpha value is -2.67. The maximum atomic E-state index is 6.12. The predicted octanol–water partition coefficient (Wildman–Crippen LogP) is 2.10. The Balaban J connectivity index is 1.72. The van der Waals surface area contributed by atoms with Gasteiger partial charge in [0.25, 0.3) is 0 Å². The van der Waals surface area contributed by atoms with Crippen molar-refractivity contribution in [3.05, 3.63) is 42.2 Å². The molecule has 0 unspecified atom stereocenters. The van der Waals surface area contributed by atoms with Crippen molar-refractivity contribution in [3.63, 3.8) is 0 Å². The van der Waals surface area contributed by atoms with Gasteiger partial charge in [0, 0.05) is 37.5 Å². The lowest BCUT2D eigenvalue weighted by Gasteiger charge is -2.32. The first-order valence-electron chi connectivity index (χ1n) is 8.24. The Labute approximate surface area is 140 Å². The van der Waals surface area contributed by atoms with Gasteiger partial charge in [-0.15, -0.1) is 0 Å². The molecule has 1 fully saturated rings. The zero-order chi connectivity index (χ0) is 16.5. The lowest BCUT2D eigenvalue weighted by molar-refractivity contribution is 0.503. The lowest BCUT2D eigenvalue weighted by atomic mass is 10.1. The minimum absolute atomic E-state index is 0.205. The maximum Gasteiger partial charge on any atom is 0.159 e. The molecule has 3 aromatic rings. The van der Waals surface area contributed by atoms with Gasteiger partial charge in [-0.05, 0) is 37.5 Å². The van der Waals surface area contributed by atoms with E-state index in [1.807, 2.05) is 31.2 Å². The number of hydrogen-bond donors (Lipinski definition) is 2. The van der Waals surface area contributed by atoms with E-state index in [4.69, 9.17) is 10.7 Å². The number of nitrogens with two attached hydrogens (primary N) is 1. The summed E-state index contributed by atoms with van der Waals surface area (Å²) in [6.45, 7) is 3.86. The van der Waals surface area contributed by atoms with Crippen LogP contribution < -0.4 is 16.0 Å². The molecule has 7 nitrogen and oxygen atoms in total. The van der Waals surface area contributed by atoms with Gasteiger partial charge >= 0.3 is 0 Å². The normalized spacial score (nSPS) is 18.1. The van der Waals surface area contributed by atoms with E-state index in [0.29, 0.717) is 0 Å². The first-order valence-corrected chi connectivity index (χ1v) is 8.24. The molecule has 1 aliphatic heterocycles. The first-order chi connectivity index (χ1) is 11.7. The number of nitrogens with one attached hydrogen (secondary N) is 1. The average molecular weight is 323 g/mol. The molecule has 0 bridgehead atoms. The van der Waals surface area contributed by atoms with Crippen molar-refractivity contribution in [2.45, 2.75) is 25.8 Å². The van der Waals surface area contributed by atoms with Gasteiger partial charge in [-0.3, -0.25) is 0 Å². The number of aromatic nitrogens is 4. The molecular weight excluding hydrogens is 302 g/mol. The molecule has 0 amide bonds. The summed E-state index contributed by atoms with van der Waals surface area (Å²) in [4.78, 5) is 11.3. The second-order valence-electron chi connectivity index (χ2n) is 6.29. The van der Waals surface area contributed by atoms with E-state index < -0.39 is 0 Å². The third kappa shape index (κ3) is 2.90. The number of anilines is 3. The lowest BCUT2D eigenvalue weighted by Crippen LogP contribution is -2.43. The fraction of sp³-hybridized carbons (Fsp3) is 0.353. The average Bonchev–Trinajstić information content (AvgIpc) is 3.04. The second kappa shape index (κ2) is 6.09. The number of rotatable bonds is 3. The Morgan fingerprint density at radius 3 is 3.00 bits per heavy atom. The van der Waals surface area contributed by atoms with E-state index in [1.165, 1.54) is 0 Å². The first kappa shape index (κ1) is 14.9. The van der Waals surface area contributed by atoms with Crippen LogP contribution in [0, 0.1) is 6.92 Å². The highest BCUT2D eigenvalue weighted by atomic mass is 15.3. The van der Waals surface area contributed by atoms with Crippen LogP contribution in [0.3, 0.4) is 0 Å². The van der Waals surface area contributed by atoms with Crippen molar-refractivity contribution in [3.8, 4) is 0 Å². The monoisotopic (exact) mass is 323 g/mol. The van der Waals surface area contributed by atoms with Crippen LogP contribution in [0.5, 0.6) is 0 Å². The molecule has 3 aromatic heterocycles. The Kier molecular flexibility index (Phi) is 3.78. The van der Waals surface area contributed by atoms with E-state index in [0.717, 1.165) is 54.6 Å². The largest absolute Gasteiger partial charge is 0.355 e. The third-order valence-corrected chi connectivity index (χ3v) is 4.30. The van der Waals surface area contributed by atoms with Crippen LogP contribution in [0.15, 0.2) is 36.7 Å². The highest BCUT2D eigenvalue weighted by Gasteiger charge is 2.19. The number of nitrogens with zero attached hydrogens (tertiary/aromatic N) is 5. The van der Waals surface area contributed by atoms with Crippen LogP contribution in [-0.4, -0.2) is 38.7 Å². The SMILES string of the molecule is Cc1ccnc(Nc2cc(N3CCC[C@@H](N)C3)nc3ccnn23)c1. The Morgan fingerprint density at radius 2 is 2.17 bits per heavy atom. The van der Waals surface area contributed by atoms with E-state index in [9.17, 15) is 0 Å². The molecule has 3 N–H and O–H groups in total. The Bertz CT molecular complexity index is 857. The smallest absolute Gasteiger partial charge is 0.159 e. The number of hydrogen-bond acceptors (Lipinski definition) is 6. The minimum atomic E-state index is 0.205. The van der Waals surface area contributed by atoms with Crippen molar-refractivity contribution >= 4 is 23.1 Å². The van der Waals surface area contributed by atoms with E-state index in [1.54, 1.807) is 16.9 Å². The second-order valence-corrected chi connectivity index (χ2v) is 6.29. The summed E-state index contributed by atoms with van der Waals surface area (Å²) in [5.41, 5.74) is 8.08. The molecule has 1 atom stereocenters. The summed E-state index contributed by atoms with van der Waals surface area (Å²) in [5.74, 6) is 2.56. The van der Waals surface area contributed by atoms with E-state index >= 15 is 0 Å². The van der Waals surface area contributed by atoms with Crippen LogP contribution in [0.2, 0.25) is 0 Å².